The van der Waals surface area contributed by atoms with Crippen molar-refractivity contribution in [2.45, 2.75) is 12.8 Å². The largest absolute Gasteiger partial charge is 0.454 e. The highest BCUT2D eigenvalue weighted by atomic mass is 19.1. The topological polar surface area (TPSA) is 74.7 Å². The van der Waals surface area contributed by atoms with E-state index < -0.39 is 24.2 Å². The monoisotopic (exact) mass is 481 g/mol. The number of rotatable bonds is 5. The van der Waals surface area contributed by atoms with Crippen LogP contribution < -0.4 is 9.47 Å². The van der Waals surface area contributed by atoms with Crippen molar-refractivity contribution in [3.63, 3.8) is 0 Å². The molecule has 178 valence electrons. The van der Waals surface area contributed by atoms with Gasteiger partial charge in [-0.1, -0.05) is 24.3 Å². The van der Waals surface area contributed by atoms with E-state index in [1.165, 1.54) is 24.3 Å². The van der Waals surface area contributed by atoms with Gasteiger partial charge in [0.05, 0.1) is 16.8 Å². The van der Waals surface area contributed by atoms with Gasteiger partial charge in [-0.2, -0.15) is 0 Å². The number of halogens is 1. The Balaban J connectivity index is 1.33. The van der Waals surface area contributed by atoms with Gasteiger partial charge in [-0.15, -0.1) is 0 Å². The third-order valence-corrected chi connectivity index (χ3v) is 6.38. The van der Waals surface area contributed by atoms with Crippen LogP contribution in [0.4, 0.5) is 4.39 Å². The molecule has 6 rings (SSSR count). The maximum absolute atomic E-state index is 13.3. The Hall–Kier alpha value is -4.52. The molecule has 0 atom stereocenters. The van der Waals surface area contributed by atoms with Crippen molar-refractivity contribution in [2.24, 2.45) is 0 Å². The molecule has 0 spiro atoms. The highest BCUT2D eigenvalue weighted by molar-refractivity contribution is 6.08. The number of ether oxygens (including phenoxy) is 3. The first kappa shape index (κ1) is 22.0. The SMILES string of the molecule is O=C(COC(=O)c1c2c(nc3ccccc13)C(=Cc1ccc3c(c1)OCO3)CC2)c1ccc(F)cc1. The van der Waals surface area contributed by atoms with Crippen molar-refractivity contribution in [2.75, 3.05) is 13.4 Å². The van der Waals surface area contributed by atoms with E-state index in [1.54, 1.807) is 0 Å². The second-order valence-electron chi connectivity index (χ2n) is 8.62. The zero-order valence-corrected chi connectivity index (χ0v) is 19.1. The number of allylic oxidation sites excluding steroid dienone is 1. The van der Waals surface area contributed by atoms with Crippen molar-refractivity contribution in [1.82, 2.24) is 4.98 Å². The summed E-state index contributed by atoms with van der Waals surface area (Å²) in [6.45, 7) is -0.226. The Labute approximate surface area is 205 Å². The molecular weight excluding hydrogens is 461 g/mol. The summed E-state index contributed by atoms with van der Waals surface area (Å²) < 4.78 is 29.5. The molecule has 7 heteroatoms. The van der Waals surface area contributed by atoms with Gasteiger partial charge in [0.2, 0.25) is 6.79 Å². The average Bonchev–Trinajstić information content (AvgIpc) is 3.53. The number of pyridine rings is 1. The highest BCUT2D eigenvalue weighted by Gasteiger charge is 2.28. The number of para-hydroxylation sites is 1. The molecule has 1 aliphatic carbocycles. The van der Waals surface area contributed by atoms with E-state index in [4.69, 9.17) is 19.2 Å². The molecule has 0 unspecified atom stereocenters. The van der Waals surface area contributed by atoms with Crippen LogP contribution in [-0.4, -0.2) is 30.1 Å². The Morgan fingerprint density at radius 2 is 1.78 bits per heavy atom. The number of carbonyl (C=O) groups is 2. The number of nitrogens with zero attached hydrogens (tertiary/aromatic N) is 1. The summed E-state index contributed by atoms with van der Waals surface area (Å²) in [5, 5.41) is 0.680. The molecule has 0 amide bonds. The fourth-order valence-corrected chi connectivity index (χ4v) is 4.64. The first-order valence-corrected chi connectivity index (χ1v) is 11.5. The van der Waals surface area contributed by atoms with Crippen LogP contribution in [0, 0.1) is 5.82 Å². The lowest BCUT2D eigenvalue weighted by atomic mass is 10.0. The van der Waals surface area contributed by atoms with Gasteiger partial charge >= 0.3 is 5.97 Å². The molecule has 0 bridgehead atoms. The van der Waals surface area contributed by atoms with Crippen LogP contribution in [0.25, 0.3) is 22.6 Å². The van der Waals surface area contributed by atoms with E-state index in [0.717, 1.165) is 22.4 Å². The van der Waals surface area contributed by atoms with E-state index in [0.29, 0.717) is 40.8 Å². The van der Waals surface area contributed by atoms with Gasteiger partial charge in [-0.05, 0) is 78.1 Å². The molecule has 6 nitrogen and oxygen atoms in total. The van der Waals surface area contributed by atoms with Gasteiger partial charge in [0, 0.05) is 10.9 Å². The first-order valence-electron chi connectivity index (χ1n) is 11.5. The molecule has 36 heavy (non-hydrogen) atoms. The van der Waals surface area contributed by atoms with E-state index in [-0.39, 0.29) is 12.4 Å². The smallest absolute Gasteiger partial charge is 0.339 e. The predicted molar refractivity (Wildman–Crippen MR) is 132 cm³/mol. The number of fused-ring (bicyclic) bond motifs is 3. The van der Waals surface area contributed by atoms with E-state index in [9.17, 15) is 14.0 Å². The number of benzene rings is 3. The molecule has 0 radical (unpaired) electrons. The number of ketones is 1. The minimum atomic E-state index is -0.579. The lowest BCUT2D eigenvalue weighted by molar-refractivity contribution is 0.0475. The van der Waals surface area contributed by atoms with Crippen molar-refractivity contribution in [3.8, 4) is 11.5 Å². The molecule has 4 aromatic rings. The van der Waals surface area contributed by atoms with Crippen LogP contribution in [0.1, 0.15) is 44.0 Å². The maximum Gasteiger partial charge on any atom is 0.339 e. The summed E-state index contributed by atoms with van der Waals surface area (Å²) in [5.41, 5.74) is 4.89. The average molecular weight is 481 g/mol. The Bertz CT molecular complexity index is 1560. The molecular formula is C29H20FNO5. The maximum atomic E-state index is 13.3. The molecule has 2 aliphatic rings. The summed E-state index contributed by atoms with van der Waals surface area (Å²) in [6, 6.07) is 18.3. The lowest BCUT2D eigenvalue weighted by Gasteiger charge is -2.12. The number of hydrogen-bond acceptors (Lipinski definition) is 6. The standard InChI is InChI=1S/C29H20FNO5/c30-20-9-6-18(7-10-20)24(32)15-34-29(33)27-21-3-1-2-4-23(21)31-28-19(8-11-22(27)28)13-17-5-12-25-26(14-17)36-16-35-25/h1-7,9-10,12-14H,8,11,15-16H2. The number of carbonyl (C=O) groups excluding carboxylic acids is 2. The van der Waals surface area contributed by atoms with Crippen LogP contribution in [0.3, 0.4) is 0 Å². The van der Waals surface area contributed by atoms with Crippen LogP contribution >= 0.6 is 0 Å². The second-order valence-corrected chi connectivity index (χ2v) is 8.62. The van der Waals surface area contributed by atoms with E-state index >= 15 is 0 Å². The fraction of sp³-hybridized carbons (Fsp3) is 0.138. The molecule has 0 saturated heterocycles. The Kier molecular flexibility index (Phi) is 5.45. The summed E-state index contributed by atoms with van der Waals surface area (Å²) in [6.07, 6.45) is 3.38. The van der Waals surface area contributed by atoms with E-state index in [1.807, 2.05) is 48.5 Å². The normalized spacial score (nSPS) is 14.8. The Morgan fingerprint density at radius 3 is 2.64 bits per heavy atom. The van der Waals surface area contributed by atoms with Crippen LogP contribution in [0.15, 0.2) is 66.7 Å². The van der Waals surface area contributed by atoms with Gasteiger partial charge in [-0.3, -0.25) is 4.79 Å². The van der Waals surface area contributed by atoms with Crippen LogP contribution in [0.5, 0.6) is 11.5 Å². The molecule has 0 N–H and O–H groups in total. The highest BCUT2D eigenvalue weighted by Crippen LogP contribution is 2.39. The molecule has 1 aromatic heterocycles. The Morgan fingerprint density at radius 1 is 0.972 bits per heavy atom. The zero-order chi connectivity index (χ0) is 24.6. The molecule has 0 fully saturated rings. The summed E-state index contributed by atoms with van der Waals surface area (Å²) in [4.78, 5) is 30.6. The van der Waals surface area contributed by atoms with Crippen LogP contribution in [0.2, 0.25) is 0 Å². The zero-order valence-electron chi connectivity index (χ0n) is 19.1. The molecule has 3 aromatic carbocycles. The van der Waals surface area contributed by atoms with Gasteiger partial charge < -0.3 is 14.2 Å². The minimum absolute atomic E-state index is 0.209. The third kappa shape index (κ3) is 3.98. The third-order valence-electron chi connectivity index (χ3n) is 6.38. The molecule has 2 heterocycles. The fourth-order valence-electron chi connectivity index (χ4n) is 4.64. The van der Waals surface area contributed by atoms with Gasteiger partial charge in [0.1, 0.15) is 5.82 Å². The van der Waals surface area contributed by atoms with Crippen molar-refractivity contribution < 1.29 is 28.2 Å². The van der Waals surface area contributed by atoms with Gasteiger partial charge in [0.25, 0.3) is 0 Å². The first-order chi connectivity index (χ1) is 17.6. The second kappa shape index (κ2) is 8.92. The summed E-state index contributed by atoms with van der Waals surface area (Å²) in [7, 11) is 0. The van der Waals surface area contributed by atoms with Crippen LogP contribution in [-0.2, 0) is 11.2 Å². The number of esters is 1. The van der Waals surface area contributed by atoms with Gasteiger partial charge in [-0.25, -0.2) is 14.2 Å². The summed E-state index contributed by atoms with van der Waals surface area (Å²) >= 11 is 0. The van der Waals surface area contributed by atoms with Crippen molar-refractivity contribution in [3.05, 3.63) is 100 Å². The van der Waals surface area contributed by atoms with E-state index in [2.05, 4.69) is 0 Å². The number of Topliss-reactive ketones (excluding diaryl/α,β-unsaturated/α-hetero) is 1. The summed E-state index contributed by atoms with van der Waals surface area (Å²) in [5.74, 6) is -0.00389. The molecule has 0 saturated carbocycles. The predicted octanol–water partition coefficient (Wildman–Crippen LogP) is 5.63. The number of hydrogen-bond donors (Lipinski definition) is 0. The van der Waals surface area contributed by atoms with Crippen molar-refractivity contribution in [1.29, 1.82) is 0 Å². The van der Waals surface area contributed by atoms with Gasteiger partial charge in [0.15, 0.2) is 23.9 Å². The molecule has 1 aliphatic heterocycles. The number of aromatic nitrogens is 1. The minimum Gasteiger partial charge on any atom is -0.454 e. The lowest BCUT2D eigenvalue weighted by Crippen LogP contribution is -2.16. The van der Waals surface area contributed by atoms with Crippen molar-refractivity contribution >= 4 is 34.3 Å². The quantitative estimate of drug-likeness (QED) is 0.272.